The highest BCUT2D eigenvalue weighted by Gasteiger charge is 2.37. The maximum absolute atomic E-state index is 13.1. The molecule has 112 valence electrons. The van der Waals surface area contributed by atoms with Crippen LogP contribution in [-0.4, -0.2) is 25.4 Å². The number of aryl methyl sites for hydroxylation is 2. The highest BCUT2D eigenvalue weighted by molar-refractivity contribution is 8.00. The molecule has 5 nitrogen and oxygen atoms in total. The van der Waals surface area contributed by atoms with Gasteiger partial charge in [0.1, 0.15) is 5.69 Å². The van der Waals surface area contributed by atoms with E-state index in [0.717, 1.165) is 16.3 Å². The number of hydrogen-bond donors (Lipinski definition) is 0. The Hall–Kier alpha value is -1.47. The van der Waals surface area contributed by atoms with E-state index in [2.05, 4.69) is 5.16 Å². The molecular weight excluding hydrogens is 308 g/mol. The van der Waals surface area contributed by atoms with Crippen molar-refractivity contribution in [1.82, 2.24) is 5.16 Å². The Labute approximate surface area is 128 Å². The Morgan fingerprint density at radius 2 is 2.05 bits per heavy atom. The number of aromatic nitrogens is 1. The molecule has 1 aliphatic rings. The summed E-state index contributed by atoms with van der Waals surface area (Å²) in [4.78, 5) is 1.15. The van der Waals surface area contributed by atoms with Gasteiger partial charge in [-0.2, -0.15) is 0 Å². The standard InChI is InChI=1S/C14H16N2O3S2/c1-9-8-20-13-7-5-4-6-12(13)16(9)21(17,18)14-10(2)15-19-11(14)3/h4-7,9H,8H2,1-3H3. The maximum atomic E-state index is 13.1. The van der Waals surface area contributed by atoms with Crippen LogP contribution in [0.4, 0.5) is 5.69 Å². The fourth-order valence-electron chi connectivity index (χ4n) is 2.58. The number of para-hydroxylation sites is 1. The zero-order valence-electron chi connectivity index (χ0n) is 12.0. The Bertz CT molecular complexity index is 764. The number of benzene rings is 1. The molecule has 7 heteroatoms. The molecule has 1 aliphatic heterocycles. The first-order chi connectivity index (χ1) is 9.93. The van der Waals surface area contributed by atoms with Crippen molar-refractivity contribution in [2.24, 2.45) is 0 Å². The molecule has 0 spiro atoms. The van der Waals surface area contributed by atoms with Crippen LogP contribution >= 0.6 is 11.8 Å². The number of nitrogens with zero attached hydrogens (tertiary/aromatic N) is 2. The summed E-state index contributed by atoms with van der Waals surface area (Å²) in [5, 5.41) is 3.77. The molecule has 1 aromatic carbocycles. The molecule has 0 amide bonds. The Morgan fingerprint density at radius 3 is 2.71 bits per heavy atom. The molecule has 0 saturated heterocycles. The van der Waals surface area contributed by atoms with Gasteiger partial charge in [0.2, 0.25) is 0 Å². The Kier molecular flexibility index (Phi) is 3.49. The van der Waals surface area contributed by atoms with Crippen LogP contribution in [0, 0.1) is 13.8 Å². The second-order valence-corrected chi connectivity index (χ2v) is 7.90. The van der Waals surface area contributed by atoms with Crippen molar-refractivity contribution < 1.29 is 12.9 Å². The molecule has 0 aliphatic carbocycles. The van der Waals surface area contributed by atoms with Crippen LogP contribution in [0.25, 0.3) is 0 Å². The minimum atomic E-state index is -3.68. The monoisotopic (exact) mass is 324 g/mol. The number of anilines is 1. The molecule has 0 fully saturated rings. The summed E-state index contributed by atoms with van der Waals surface area (Å²) < 4.78 is 32.7. The van der Waals surface area contributed by atoms with Gasteiger partial charge < -0.3 is 4.52 Å². The van der Waals surface area contributed by atoms with E-state index in [0.29, 0.717) is 11.5 Å². The van der Waals surface area contributed by atoms with Crippen molar-refractivity contribution in [3.63, 3.8) is 0 Å². The van der Waals surface area contributed by atoms with Crippen molar-refractivity contribution in [1.29, 1.82) is 0 Å². The van der Waals surface area contributed by atoms with Gasteiger partial charge >= 0.3 is 0 Å². The van der Waals surface area contributed by atoms with Crippen molar-refractivity contribution in [3.05, 3.63) is 35.7 Å². The van der Waals surface area contributed by atoms with Gasteiger partial charge in [0.15, 0.2) is 10.7 Å². The van der Waals surface area contributed by atoms with E-state index in [1.807, 2.05) is 31.2 Å². The smallest absolute Gasteiger partial charge is 0.270 e. The third kappa shape index (κ3) is 2.24. The lowest BCUT2D eigenvalue weighted by Crippen LogP contribution is -2.42. The summed E-state index contributed by atoms with van der Waals surface area (Å²) in [5.41, 5.74) is 1.12. The first-order valence-corrected chi connectivity index (χ1v) is 9.04. The number of thioether (sulfide) groups is 1. The third-order valence-electron chi connectivity index (χ3n) is 3.47. The van der Waals surface area contributed by atoms with Crippen LogP contribution in [-0.2, 0) is 10.0 Å². The molecule has 0 saturated carbocycles. The number of sulfonamides is 1. The molecule has 1 atom stereocenters. The first-order valence-electron chi connectivity index (χ1n) is 6.62. The molecule has 2 aromatic rings. The van der Waals surface area contributed by atoms with Crippen molar-refractivity contribution in [2.75, 3.05) is 10.1 Å². The molecule has 21 heavy (non-hydrogen) atoms. The van der Waals surface area contributed by atoms with Gasteiger partial charge in [0, 0.05) is 10.6 Å². The predicted molar refractivity (Wildman–Crippen MR) is 82.3 cm³/mol. The second-order valence-electron chi connectivity index (χ2n) is 5.08. The quantitative estimate of drug-likeness (QED) is 0.850. The van der Waals surface area contributed by atoms with E-state index in [1.54, 1.807) is 25.6 Å². The molecule has 3 rings (SSSR count). The molecule has 0 N–H and O–H groups in total. The summed E-state index contributed by atoms with van der Waals surface area (Å²) in [5.74, 6) is 1.05. The first kappa shape index (κ1) is 14.5. The van der Waals surface area contributed by atoms with Gasteiger partial charge in [0.25, 0.3) is 10.0 Å². The summed E-state index contributed by atoms with van der Waals surface area (Å²) in [6, 6.07) is 7.44. The van der Waals surface area contributed by atoms with Gasteiger partial charge in [-0.25, -0.2) is 8.42 Å². The summed E-state index contributed by atoms with van der Waals surface area (Å²) in [6.07, 6.45) is 0. The van der Waals surface area contributed by atoms with E-state index in [-0.39, 0.29) is 10.9 Å². The molecule has 0 radical (unpaired) electrons. The largest absolute Gasteiger partial charge is 0.360 e. The minimum Gasteiger partial charge on any atom is -0.360 e. The number of fused-ring (bicyclic) bond motifs is 1. The zero-order valence-corrected chi connectivity index (χ0v) is 13.7. The maximum Gasteiger partial charge on any atom is 0.270 e. The van der Waals surface area contributed by atoms with E-state index in [9.17, 15) is 8.42 Å². The van der Waals surface area contributed by atoms with Crippen LogP contribution in [0.1, 0.15) is 18.4 Å². The van der Waals surface area contributed by atoms with Gasteiger partial charge in [0.05, 0.1) is 11.7 Å². The molecule has 0 bridgehead atoms. The normalized spacial score (nSPS) is 18.6. The highest BCUT2D eigenvalue weighted by Crippen LogP contribution is 2.41. The lowest BCUT2D eigenvalue weighted by atomic mass is 10.3. The van der Waals surface area contributed by atoms with Crippen LogP contribution in [0.3, 0.4) is 0 Å². The SMILES string of the molecule is Cc1noc(C)c1S(=O)(=O)N1c2ccccc2SCC1C. The zero-order chi connectivity index (χ0) is 15.2. The average molecular weight is 324 g/mol. The fourth-order valence-corrected chi connectivity index (χ4v) is 5.77. The minimum absolute atomic E-state index is 0.122. The van der Waals surface area contributed by atoms with Crippen LogP contribution in [0.5, 0.6) is 0 Å². The van der Waals surface area contributed by atoms with E-state index < -0.39 is 10.0 Å². The summed E-state index contributed by atoms with van der Waals surface area (Å²) in [7, 11) is -3.68. The van der Waals surface area contributed by atoms with Crippen molar-refractivity contribution in [2.45, 2.75) is 36.6 Å². The molecule has 1 aromatic heterocycles. The van der Waals surface area contributed by atoms with Gasteiger partial charge in [-0.3, -0.25) is 4.31 Å². The van der Waals surface area contributed by atoms with Gasteiger partial charge in [-0.15, -0.1) is 11.8 Å². The van der Waals surface area contributed by atoms with E-state index >= 15 is 0 Å². The Morgan fingerprint density at radius 1 is 1.33 bits per heavy atom. The van der Waals surface area contributed by atoms with Crippen LogP contribution < -0.4 is 4.31 Å². The molecule has 1 unspecified atom stereocenters. The van der Waals surface area contributed by atoms with Crippen LogP contribution in [0.2, 0.25) is 0 Å². The molecule has 2 heterocycles. The second kappa shape index (κ2) is 5.06. The number of rotatable bonds is 2. The summed E-state index contributed by atoms with van der Waals surface area (Å²) in [6.45, 7) is 5.19. The van der Waals surface area contributed by atoms with Gasteiger partial charge in [-0.05, 0) is 32.9 Å². The van der Waals surface area contributed by atoms with Gasteiger partial charge in [-0.1, -0.05) is 17.3 Å². The predicted octanol–water partition coefficient (Wildman–Crippen LogP) is 2.98. The van der Waals surface area contributed by atoms with Crippen LogP contribution in [0.15, 0.2) is 38.6 Å². The lowest BCUT2D eigenvalue weighted by molar-refractivity contribution is 0.390. The van der Waals surface area contributed by atoms with Crippen molar-refractivity contribution >= 4 is 27.5 Å². The molecular formula is C14H16N2O3S2. The average Bonchev–Trinajstić information content (AvgIpc) is 2.78. The topological polar surface area (TPSA) is 63.4 Å². The van der Waals surface area contributed by atoms with Crippen molar-refractivity contribution in [3.8, 4) is 0 Å². The lowest BCUT2D eigenvalue weighted by Gasteiger charge is -2.35. The van der Waals surface area contributed by atoms with E-state index in [4.69, 9.17) is 4.52 Å². The Balaban J connectivity index is 2.20. The fraction of sp³-hybridized carbons (Fsp3) is 0.357. The van der Waals surface area contributed by atoms with E-state index in [1.165, 1.54) is 4.31 Å². The number of hydrogen-bond acceptors (Lipinski definition) is 5. The summed E-state index contributed by atoms with van der Waals surface area (Å²) >= 11 is 1.68. The highest BCUT2D eigenvalue weighted by atomic mass is 32.2. The third-order valence-corrected chi connectivity index (χ3v) is 6.95.